The quantitative estimate of drug-likeness (QED) is 0.682. The molecule has 0 fully saturated rings. The summed E-state index contributed by atoms with van der Waals surface area (Å²) in [5.74, 6) is 0.608. The van der Waals surface area contributed by atoms with Crippen LogP contribution in [0.5, 0.6) is 0 Å². The van der Waals surface area contributed by atoms with Crippen molar-refractivity contribution in [3.05, 3.63) is 24.0 Å². The maximum atomic E-state index is 11.4. The predicted molar refractivity (Wildman–Crippen MR) is 53.4 cm³/mol. The van der Waals surface area contributed by atoms with Gasteiger partial charge in [-0.05, 0) is 5.21 Å². The van der Waals surface area contributed by atoms with Crippen LogP contribution in [0.25, 0.3) is 0 Å². The first-order valence-electron chi connectivity index (χ1n) is 4.75. The summed E-state index contributed by atoms with van der Waals surface area (Å²) in [5.41, 5.74) is 0. The first-order valence-corrected chi connectivity index (χ1v) is 4.75. The summed E-state index contributed by atoms with van der Waals surface area (Å²) in [6.07, 6.45) is 4.24. The van der Waals surface area contributed by atoms with Gasteiger partial charge in [0.05, 0.1) is 0 Å². The van der Waals surface area contributed by atoms with Crippen LogP contribution in [-0.2, 0) is 13.5 Å². The minimum atomic E-state index is -0.344. The molecule has 0 aliphatic rings. The summed E-state index contributed by atoms with van der Waals surface area (Å²) < 4.78 is 1.90. The third-order valence-corrected chi connectivity index (χ3v) is 2.10. The maximum absolute atomic E-state index is 11.4. The predicted octanol–water partition coefficient (Wildman–Crippen LogP) is -1.09. The molecule has 0 bridgehead atoms. The zero-order chi connectivity index (χ0) is 11.4. The van der Waals surface area contributed by atoms with E-state index in [1.54, 1.807) is 6.20 Å². The molecule has 0 unspecified atom stereocenters. The normalized spacial score (nSPS) is 10.3. The third kappa shape index (κ3) is 2.22. The molecule has 0 saturated carbocycles. The monoisotopic (exact) mass is 221 g/mol. The van der Waals surface area contributed by atoms with Gasteiger partial charge in [-0.15, -0.1) is 10.2 Å². The molecule has 8 heteroatoms. The summed E-state index contributed by atoms with van der Waals surface area (Å²) >= 11 is 0. The lowest BCUT2D eigenvalue weighted by Gasteiger charge is -2.02. The number of amides is 1. The van der Waals surface area contributed by atoms with Crippen molar-refractivity contribution < 1.29 is 4.79 Å². The molecule has 84 valence electrons. The highest BCUT2D eigenvalue weighted by atomic mass is 16.2. The fourth-order valence-electron chi connectivity index (χ4n) is 1.26. The number of hydrogen-bond donors (Lipinski definition) is 2. The first-order chi connectivity index (χ1) is 7.77. The van der Waals surface area contributed by atoms with E-state index in [-0.39, 0.29) is 11.7 Å². The van der Waals surface area contributed by atoms with E-state index in [2.05, 4.69) is 30.9 Å². The molecule has 0 radical (unpaired) electrons. The standard InChI is InChI=1S/C8H11N7O/c1-15-5-4-9-6(15)2-3-10-8(16)7-11-13-14-12-7/h4-5H,2-3H2,1H3,(H,10,16)(H,11,12,13,14). The Morgan fingerprint density at radius 2 is 2.50 bits per heavy atom. The molecule has 0 aromatic carbocycles. The molecule has 8 nitrogen and oxygen atoms in total. The van der Waals surface area contributed by atoms with Gasteiger partial charge in [-0.2, -0.15) is 5.21 Å². The highest BCUT2D eigenvalue weighted by Crippen LogP contribution is 1.94. The third-order valence-electron chi connectivity index (χ3n) is 2.10. The van der Waals surface area contributed by atoms with Gasteiger partial charge in [0.15, 0.2) is 0 Å². The van der Waals surface area contributed by atoms with E-state index in [1.807, 2.05) is 17.8 Å². The lowest BCUT2D eigenvalue weighted by Crippen LogP contribution is -2.27. The Labute approximate surface area is 91.1 Å². The Hall–Kier alpha value is -2.25. The average molecular weight is 221 g/mol. The molecule has 16 heavy (non-hydrogen) atoms. The molecule has 0 saturated heterocycles. The van der Waals surface area contributed by atoms with Gasteiger partial charge in [0, 0.05) is 32.4 Å². The number of hydrogen-bond acceptors (Lipinski definition) is 5. The van der Waals surface area contributed by atoms with Gasteiger partial charge in [0.25, 0.3) is 11.7 Å². The summed E-state index contributed by atoms with van der Waals surface area (Å²) in [4.78, 5) is 15.5. The Morgan fingerprint density at radius 1 is 1.62 bits per heavy atom. The molecular formula is C8H11N7O. The van der Waals surface area contributed by atoms with Gasteiger partial charge in [0.1, 0.15) is 5.82 Å². The molecule has 0 aliphatic carbocycles. The molecule has 0 spiro atoms. The SMILES string of the molecule is Cn1ccnc1CCNC(=O)c1nn[nH]n1. The highest BCUT2D eigenvalue weighted by Gasteiger charge is 2.09. The number of nitrogens with zero attached hydrogens (tertiary/aromatic N) is 5. The van der Waals surface area contributed by atoms with Crippen LogP contribution in [0.2, 0.25) is 0 Å². The van der Waals surface area contributed by atoms with Crippen molar-refractivity contribution in [3.63, 3.8) is 0 Å². The number of tetrazole rings is 1. The molecular weight excluding hydrogens is 210 g/mol. The van der Waals surface area contributed by atoms with Gasteiger partial charge in [-0.1, -0.05) is 0 Å². The Kier molecular flexibility index (Phi) is 2.90. The largest absolute Gasteiger partial charge is 0.349 e. The molecule has 2 aromatic rings. The van der Waals surface area contributed by atoms with Crippen molar-refractivity contribution in [2.45, 2.75) is 6.42 Å². The van der Waals surface area contributed by atoms with Crippen molar-refractivity contribution in [1.82, 2.24) is 35.5 Å². The number of aromatic nitrogens is 6. The number of H-pyrrole nitrogens is 1. The second kappa shape index (κ2) is 4.51. The van der Waals surface area contributed by atoms with Gasteiger partial charge < -0.3 is 9.88 Å². The van der Waals surface area contributed by atoms with Gasteiger partial charge in [-0.3, -0.25) is 4.79 Å². The lowest BCUT2D eigenvalue weighted by molar-refractivity contribution is 0.0943. The number of rotatable bonds is 4. The number of nitrogens with one attached hydrogen (secondary N) is 2. The Bertz CT molecular complexity index is 460. The minimum absolute atomic E-state index is 0.0415. The number of carbonyl (C=O) groups excluding carboxylic acids is 1. The molecule has 2 N–H and O–H groups in total. The fraction of sp³-hybridized carbons (Fsp3) is 0.375. The minimum Gasteiger partial charge on any atom is -0.349 e. The van der Waals surface area contributed by atoms with Crippen LogP contribution in [0.3, 0.4) is 0 Å². The van der Waals surface area contributed by atoms with Crippen LogP contribution >= 0.6 is 0 Å². The second-order valence-corrected chi connectivity index (χ2v) is 3.20. The van der Waals surface area contributed by atoms with Crippen LogP contribution in [0.15, 0.2) is 12.4 Å². The van der Waals surface area contributed by atoms with Gasteiger partial charge in [0.2, 0.25) is 0 Å². The van der Waals surface area contributed by atoms with Gasteiger partial charge in [-0.25, -0.2) is 4.98 Å². The van der Waals surface area contributed by atoms with E-state index in [9.17, 15) is 4.79 Å². The highest BCUT2D eigenvalue weighted by molar-refractivity contribution is 5.89. The van der Waals surface area contributed by atoms with E-state index < -0.39 is 0 Å². The molecule has 0 aliphatic heterocycles. The van der Waals surface area contributed by atoms with Crippen molar-refractivity contribution in [3.8, 4) is 0 Å². The summed E-state index contributed by atoms with van der Waals surface area (Å²) in [6, 6.07) is 0. The van der Waals surface area contributed by atoms with Crippen LogP contribution < -0.4 is 5.32 Å². The topological polar surface area (TPSA) is 101 Å². The van der Waals surface area contributed by atoms with E-state index >= 15 is 0 Å². The molecule has 2 heterocycles. The summed E-state index contributed by atoms with van der Waals surface area (Å²) in [5, 5.41) is 15.3. The van der Waals surface area contributed by atoms with Crippen LogP contribution in [0.1, 0.15) is 16.4 Å². The van der Waals surface area contributed by atoms with Crippen LogP contribution in [-0.4, -0.2) is 42.6 Å². The van der Waals surface area contributed by atoms with Crippen molar-refractivity contribution in [1.29, 1.82) is 0 Å². The first kappa shape index (κ1) is 10.3. The van der Waals surface area contributed by atoms with Crippen LogP contribution in [0.4, 0.5) is 0 Å². The van der Waals surface area contributed by atoms with Crippen molar-refractivity contribution in [2.75, 3.05) is 6.54 Å². The molecule has 2 rings (SSSR count). The van der Waals surface area contributed by atoms with Gasteiger partial charge >= 0.3 is 0 Å². The molecule has 2 aromatic heterocycles. The van der Waals surface area contributed by atoms with Crippen molar-refractivity contribution in [2.24, 2.45) is 7.05 Å². The zero-order valence-electron chi connectivity index (χ0n) is 8.71. The Morgan fingerprint density at radius 3 is 3.12 bits per heavy atom. The average Bonchev–Trinajstić information content (AvgIpc) is 2.90. The van der Waals surface area contributed by atoms with E-state index in [4.69, 9.17) is 0 Å². The maximum Gasteiger partial charge on any atom is 0.292 e. The van der Waals surface area contributed by atoms with Crippen molar-refractivity contribution >= 4 is 5.91 Å². The lowest BCUT2D eigenvalue weighted by atomic mass is 10.4. The zero-order valence-corrected chi connectivity index (χ0v) is 8.71. The second-order valence-electron chi connectivity index (χ2n) is 3.20. The summed E-state index contributed by atoms with van der Waals surface area (Å²) in [7, 11) is 1.91. The fourth-order valence-corrected chi connectivity index (χ4v) is 1.26. The smallest absolute Gasteiger partial charge is 0.292 e. The number of imidazole rings is 1. The number of aryl methyl sites for hydroxylation is 1. The van der Waals surface area contributed by atoms with E-state index in [0.717, 1.165) is 5.82 Å². The summed E-state index contributed by atoms with van der Waals surface area (Å²) in [6.45, 7) is 0.484. The molecule has 1 amide bonds. The van der Waals surface area contributed by atoms with E-state index in [0.29, 0.717) is 13.0 Å². The molecule has 0 atom stereocenters. The number of aromatic amines is 1. The number of carbonyl (C=O) groups is 1. The van der Waals surface area contributed by atoms with Crippen LogP contribution in [0, 0.1) is 0 Å². The van der Waals surface area contributed by atoms with E-state index in [1.165, 1.54) is 0 Å². The Balaban J connectivity index is 1.81.